The summed E-state index contributed by atoms with van der Waals surface area (Å²) >= 11 is 12.4. The van der Waals surface area contributed by atoms with Gasteiger partial charge in [0.2, 0.25) is 0 Å². The van der Waals surface area contributed by atoms with E-state index in [2.05, 4.69) is 0 Å². The van der Waals surface area contributed by atoms with E-state index in [1.165, 1.54) is 14.2 Å². The van der Waals surface area contributed by atoms with Gasteiger partial charge in [0, 0.05) is 11.1 Å². The first kappa shape index (κ1) is 15.0. The number of methoxy groups -OCH3 is 2. The molecule has 0 amide bonds. The number of hydrogen-bond donors (Lipinski definition) is 1. The minimum atomic E-state index is -1.04. The smallest absolute Gasteiger partial charge is 0.126 e. The van der Waals surface area contributed by atoms with Crippen LogP contribution in [0.4, 0.5) is 0 Å². The standard InChI is InChI=1S/C15H14Cl2O3/c1-19-11-7-3-5-9(16)13(11)15(18)14-10(17)6-4-8-12(14)20-2/h3-8,15,18H,1-2H3. The number of rotatable bonds is 4. The molecule has 106 valence electrons. The Kier molecular flexibility index (Phi) is 4.76. The Bertz CT molecular complexity index is 561. The molecule has 20 heavy (non-hydrogen) atoms. The summed E-state index contributed by atoms with van der Waals surface area (Å²) in [7, 11) is 3.04. The first-order valence-corrected chi connectivity index (χ1v) is 6.68. The van der Waals surface area contributed by atoms with Crippen LogP contribution >= 0.6 is 23.2 Å². The van der Waals surface area contributed by atoms with Crippen LogP contribution in [0.15, 0.2) is 36.4 Å². The van der Waals surface area contributed by atoms with Crippen molar-refractivity contribution in [1.82, 2.24) is 0 Å². The zero-order valence-corrected chi connectivity index (χ0v) is 12.6. The number of hydrogen-bond acceptors (Lipinski definition) is 3. The number of benzene rings is 2. The molecule has 0 aliphatic carbocycles. The largest absolute Gasteiger partial charge is 0.496 e. The number of aliphatic hydroxyl groups is 1. The van der Waals surface area contributed by atoms with Crippen molar-refractivity contribution in [3.8, 4) is 11.5 Å². The molecular formula is C15H14Cl2O3. The third-order valence-corrected chi connectivity index (χ3v) is 3.67. The van der Waals surface area contributed by atoms with Crippen LogP contribution in [0.2, 0.25) is 10.0 Å². The first-order chi connectivity index (χ1) is 9.60. The summed E-state index contributed by atoms with van der Waals surface area (Å²) in [5.41, 5.74) is 0.922. The molecule has 1 N–H and O–H groups in total. The molecule has 2 aromatic rings. The van der Waals surface area contributed by atoms with E-state index in [4.69, 9.17) is 32.7 Å². The average molecular weight is 313 g/mol. The van der Waals surface area contributed by atoms with Gasteiger partial charge in [-0.05, 0) is 24.3 Å². The van der Waals surface area contributed by atoms with E-state index in [1.807, 2.05) is 0 Å². The van der Waals surface area contributed by atoms with Gasteiger partial charge in [0.25, 0.3) is 0 Å². The monoisotopic (exact) mass is 312 g/mol. The lowest BCUT2D eigenvalue weighted by Crippen LogP contribution is -2.06. The van der Waals surface area contributed by atoms with Gasteiger partial charge in [-0.2, -0.15) is 0 Å². The fourth-order valence-corrected chi connectivity index (χ4v) is 2.60. The summed E-state index contributed by atoms with van der Waals surface area (Å²) in [5, 5.41) is 11.5. The molecule has 0 spiro atoms. The van der Waals surface area contributed by atoms with Crippen LogP contribution in [0.5, 0.6) is 11.5 Å². The summed E-state index contributed by atoms with van der Waals surface area (Å²) < 4.78 is 10.5. The van der Waals surface area contributed by atoms with Gasteiger partial charge in [0.05, 0.1) is 24.3 Å². The maximum absolute atomic E-state index is 10.6. The van der Waals surface area contributed by atoms with Gasteiger partial charge >= 0.3 is 0 Å². The van der Waals surface area contributed by atoms with Gasteiger partial charge in [-0.15, -0.1) is 0 Å². The second-order valence-electron chi connectivity index (χ2n) is 4.11. The second-order valence-corrected chi connectivity index (χ2v) is 4.93. The highest BCUT2D eigenvalue weighted by molar-refractivity contribution is 6.32. The molecule has 3 nitrogen and oxygen atoms in total. The Morgan fingerprint density at radius 1 is 0.850 bits per heavy atom. The van der Waals surface area contributed by atoms with E-state index in [0.717, 1.165) is 0 Å². The molecule has 0 aliphatic heterocycles. The van der Waals surface area contributed by atoms with Crippen LogP contribution in [0.25, 0.3) is 0 Å². The predicted molar refractivity (Wildman–Crippen MR) is 80.1 cm³/mol. The van der Waals surface area contributed by atoms with Crippen molar-refractivity contribution >= 4 is 23.2 Å². The lowest BCUT2D eigenvalue weighted by atomic mass is 9.99. The van der Waals surface area contributed by atoms with Crippen molar-refractivity contribution in [2.75, 3.05) is 14.2 Å². The van der Waals surface area contributed by atoms with Crippen molar-refractivity contribution in [1.29, 1.82) is 0 Å². The summed E-state index contributed by atoms with van der Waals surface area (Å²) in [6.45, 7) is 0. The molecule has 2 aromatic carbocycles. The summed E-state index contributed by atoms with van der Waals surface area (Å²) in [5.74, 6) is 0.985. The third-order valence-electron chi connectivity index (χ3n) is 3.01. The fourth-order valence-electron chi connectivity index (χ4n) is 2.07. The second kappa shape index (κ2) is 6.35. The molecule has 0 aromatic heterocycles. The van der Waals surface area contributed by atoms with Crippen molar-refractivity contribution in [2.45, 2.75) is 6.10 Å². The van der Waals surface area contributed by atoms with Gasteiger partial charge in [-0.25, -0.2) is 0 Å². The normalized spacial score (nSPS) is 10.7. The molecule has 0 bridgehead atoms. The summed E-state index contributed by atoms with van der Waals surface area (Å²) in [4.78, 5) is 0. The van der Waals surface area contributed by atoms with Crippen molar-refractivity contribution in [3.63, 3.8) is 0 Å². The molecule has 0 heterocycles. The van der Waals surface area contributed by atoms with Crippen molar-refractivity contribution in [2.24, 2.45) is 0 Å². The predicted octanol–water partition coefficient (Wildman–Crippen LogP) is 4.09. The van der Waals surface area contributed by atoms with Crippen LogP contribution in [0.3, 0.4) is 0 Å². The van der Waals surface area contributed by atoms with E-state index < -0.39 is 6.10 Å². The zero-order valence-electron chi connectivity index (χ0n) is 11.1. The van der Waals surface area contributed by atoms with Crippen LogP contribution in [-0.2, 0) is 0 Å². The molecule has 0 unspecified atom stereocenters. The van der Waals surface area contributed by atoms with E-state index >= 15 is 0 Å². The summed E-state index contributed by atoms with van der Waals surface area (Å²) in [6.07, 6.45) is -1.04. The van der Waals surface area contributed by atoms with Gasteiger partial charge in [0.15, 0.2) is 0 Å². The van der Waals surface area contributed by atoms with Gasteiger partial charge in [-0.3, -0.25) is 0 Å². The highest BCUT2D eigenvalue weighted by atomic mass is 35.5. The Hall–Kier alpha value is -1.42. The quantitative estimate of drug-likeness (QED) is 0.924. The number of halogens is 2. The molecule has 5 heteroatoms. The molecule has 0 atom stereocenters. The Balaban J connectivity index is 2.60. The zero-order chi connectivity index (χ0) is 14.7. The van der Waals surface area contributed by atoms with Gasteiger partial charge in [-0.1, -0.05) is 35.3 Å². The highest BCUT2D eigenvalue weighted by Crippen LogP contribution is 2.41. The Morgan fingerprint density at radius 2 is 1.25 bits per heavy atom. The van der Waals surface area contributed by atoms with E-state index in [9.17, 15) is 5.11 Å². The van der Waals surface area contributed by atoms with Crippen LogP contribution < -0.4 is 9.47 Å². The van der Waals surface area contributed by atoms with Crippen molar-refractivity contribution in [3.05, 3.63) is 57.6 Å². The van der Waals surface area contributed by atoms with Gasteiger partial charge in [0.1, 0.15) is 17.6 Å². The average Bonchev–Trinajstić information content (AvgIpc) is 2.45. The molecule has 0 radical (unpaired) electrons. The van der Waals surface area contributed by atoms with E-state index in [0.29, 0.717) is 32.7 Å². The third kappa shape index (κ3) is 2.70. The van der Waals surface area contributed by atoms with Crippen LogP contribution in [0.1, 0.15) is 17.2 Å². The van der Waals surface area contributed by atoms with E-state index in [1.54, 1.807) is 36.4 Å². The lowest BCUT2D eigenvalue weighted by molar-refractivity contribution is 0.209. The molecule has 0 aliphatic rings. The van der Waals surface area contributed by atoms with Gasteiger partial charge < -0.3 is 14.6 Å². The minimum Gasteiger partial charge on any atom is -0.496 e. The lowest BCUT2D eigenvalue weighted by Gasteiger charge is -2.19. The molecule has 0 fully saturated rings. The topological polar surface area (TPSA) is 38.7 Å². The van der Waals surface area contributed by atoms with Crippen LogP contribution in [-0.4, -0.2) is 19.3 Å². The van der Waals surface area contributed by atoms with E-state index in [-0.39, 0.29) is 0 Å². The first-order valence-electron chi connectivity index (χ1n) is 5.93. The molecular weight excluding hydrogens is 299 g/mol. The molecule has 2 rings (SSSR count). The Labute approximate surface area is 127 Å². The molecule has 0 saturated heterocycles. The highest BCUT2D eigenvalue weighted by Gasteiger charge is 2.24. The fraction of sp³-hybridized carbons (Fsp3) is 0.200. The number of aliphatic hydroxyl groups excluding tert-OH is 1. The molecule has 0 saturated carbocycles. The van der Waals surface area contributed by atoms with Crippen molar-refractivity contribution < 1.29 is 14.6 Å². The Morgan fingerprint density at radius 3 is 1.60 bits per heavy atom. The SMILES string of the molecule is COc1cccc(Cl)c1C(O)c1c(Cl)cccc1OC. The minimum absolute atomic E-state index is 0.402. The number of ether oxygens (including phenoxy) is 2. The maximum Gasteiger partial charge on any atom is 0.126 e. The maximum atomic E-state index is 10.6. The summed E-state index contributed by atoms with van der Waals surface area (Å²) in [6, 6.07) is 10.3. The van der Waals surface area contributed by atoms with Crippen LogP contribution in [0, 0.1) is 0 Å².